The Kier molecular flexibility index (Phi) is 9.05. The van der Waals surface area contributed by atoms with E-state index in [9.17, 15) is 4.79 Å². The molecule has 0 bridgehead atoms. The first-order valence-electron chi connectivity index (χ1n) is 12.0. The molecule has 0 atom stereocenters. The predicted octanol–water partition coefficient (Wildman–Crippen LogP) is 4.67. The molecule has 0 aliphatic carbocycles. The maximum atomic E-state index is 12.8. The summed E-state index contributed by atoms with van der Waals surface area (Å²) in [5.41, 5.74) is 1.71. The van der Waals surface area contributed by atoms with E-state index in [0.717, 1.165) is 44.0 Å². The number of amides is 1. The van der Waals surface area contributed by atoms with Crippen LogP contribution in [0.25, 0.3) is 0 Å². The average Bonchev–Trinajstić information content (AvgIpc) is 2.78. The van der Waals surface area contributed by atoms with Gasteiger partial charge >= 0.3 is 0 Å². The number of likely N-dealkylation sites (tertiary alicyclic amines) is 1. The first-order valence-corrected chi connectivity index (χ1v) is 12.0. The van der Waals surface area contributed by atoms with Crippen LogP contribution in [0.3, 0.4) is 0 Å². The molecule has 3 rings (SSSR count). The Balaban J connectivity index is 1.58. The molecule has 0 radical (unpaired) electrons. The van der Waals surface area contributed by atoms with Gasteiger partial charge in [-0.2, -0.15) is 0 Å². The van der Waals surface area contributed by atoms with Gasteiger partial charge in [-0.05, 0) is 70.4 Å². The van der Waals surface area contributed by atoms with Gasteiger partial charge in [-0.15, -0.1) is 0 Å². The zero-order chi connectivity index (χ0) is 24.7. The summed E-state index contributed by atoms with van der Waals surface area (Å²) in [6, 6.07) is 11.5. The Labute approximate surface area is 203 Å². The van der Waals surface area contributed by atoms with Crippen LogP contribution in [0.4, 0.5) is 0 Å². The van der Waals surface area contributed by atoms with Gasteiger partial charge in [0, 0.05) is 43.4 Å². The average molecular weight is 471 g/mol. The summed E-state index contributed by atoms with van der Waals surface area (Å²) in [5, 5.41) is 3.17. The van der Waals surface area contributed by atoms with Gasteiger partial charge in [0.05, 0.1) is 26.4 Å². The molecule has 0 saturated carbocycles. The number of hydrogen-bond donors (Lipinski definition) is 1. The van der Waals surface area contributed by atoms with Crippen LogP contribution in [0.5, 0.6) is 23.0 Å². The smallest absolute Gasteiger partial charge is 0.251 e. The van der Waals surface area contributed by atoms with Crippen LogP contribution < -0.4 is 24.3 Å². The monoisotopic (exact) mass is 470 g/mol. The molecule has 7 nitrogen and oxygen atoms in total. The first kappa shape index (κ1) is 25.7. The number of carbonyl (C=O) groups is 1. The van der Waals surface area contributed by atoms with E-state index in [1.807, 2.05) is 33.8 Å². The molecule has 186 valence electrons. The molecule has 2 aromatic carbocycles. The predicted molar refractivity (Wildman–Crippen MR) is 133 cm³/mol. The van der Waals surface area contributed by atoms with Crippen molar-refractivity contribution in [3.05, 3.63) is 47.5 Å². The van der Waals surface area contributed by atoms with E-state index in [2.05, 4.69) is 22.3 Å². The molecule has 0 aromatic heterocycles. The SMILES string of the molecule is COc1cc(OC)cc(C(=O)NC2CCN(Cc3cc(OC(C)C)cc(OC(C)C)c3)CC2)c1. The first-order chi connectivity index (χ1) is 16.2. The van der Waals surface area contributed by atoms with Crippen LogP contribution in [-0.4, -0.2) is 56.4 Å². The molecule has 1 N–H and O–H groups in total. The third kappa shape index (κ3) is 7.55. The Morgan fingerprint density at radius 2 is 1.35 bits per heavy atom. The van der Waals surface area contributed by atoms with Crippen molar-refractivity contribution in [3.63, 3.8) is 0 Å². The minimum Gasteiger partial charge on any atom is -0.497 e. The number of ether oxygens (including phenoxy) is 4. The van der Waals surface area contributed by atoms with Crippen molar-refractivity contribution >= 4 is 5.91 Å². The second-order valence-corrected chi connectivity index (χ2v) is 9.27. The third-order valence-electron chi connectivity index (χ3n) is 5.63. The molecular weight excluding hydrogens is 432 g/mol. The van der Waals surface area contributed by atoms with Crippen molar-refractivity contribution < 1.29 is 23.7 Å². The molecule has 1 heterocycles. The maximum Gasteiger partial charge on any atom is 0.251 e. The van der Waals surface area contributed by atoms with Crippen molar-refractivity contribution in [2.24, 2.45) is 0 Å². The Bertz CT molecular complexity index is 902. The molecule has 2 aromatic rings. The molecule has 0 unspecified atom stereocenters. The van der Waals surface area contributed by atoms with Gasteiger partial charge in [-0.3, -0.25) is 9.69 Å². The molecule has 1 aliphatic rings. The van der Waals surface area contributed by atoms with Crippen LogP contribution >= 0.6 is 0 Å². The lowest BCUT2D eigenvalue weighted by molar-refractivity contribution is 0.0908. The number of nitrogens with zero attached hydrogens (tertiary/aromatic N) is 1. The van der Waals surface area contributed by atoms with E-state index in [1.165, 1.54) is 5.56 Å². The molecule has 7 heteroatoms. The van der Waals surface area contributed by atoms with E-state index in [1.54, 1.807) is 32.4 Å². The van der Waals surface area contributed by atoms with E-state index in [-0.39, 0.29) is 24.2 Å². The Morgan fingerprint density at radius 3 is 1.82 bits per heavy atom. The summed E-state index contributed by atoms with van der Waals surface area (Å²) in [6.07, 6.45) is 1.99. The fraction of sp³-hybridized carbons (Fsp3) is 0.519. The van der Waals surface area contributed by atoms with Gasteiger partial charge in [0.1, 0.15) is 23.0 Å². The quantitative estimate of drug-likeness (QED) is 0.544. The molecule has 1 aliphatic heterocycles. The molecule has 1 fully saturated rings. The van der Waals surface area contributed by atoms with Crippen molar-refractivity contribution in [2.75, 3.05) is 27.3 Å². The summed E-state index contributed by atoms with van der Waals surface area (Å²) in [6.45, 7) is 10.7. The summed E-state index contributed by atoms with van der Waals surface area (Å²) in [7, 11) is 3.16. The summed E-state index contributed by atoms with van der Waals surface area (Å²) >= 11 is 0. The zero-order valence-electron chi connectivity index (χ0n) is 21.2. The van der Waals surface area contributed by atoms with E-state index in [0.29, 0.717) is 17.1 Å². The minimum absolute atomic E-state index is 0.103. The lowest BCUT2D eigenvalue weighted by Gasteiger charge is -2.32. The van der Waals surface area contributed by atoms with Crippen molar-refractivity contribution in [3.8, 4) is 23.0 Å². The lowest BCUT2D eigenvalue weighted by Crippen LogP contribution is -2.44. The van der Waals surface area contributed by atoms with Gasteiger partial charge in [-0.1, -0.05) is 0 Å². The third-order valence-corrected chi connectivity index (χ3v) is 5.63. The summed E-state index contributed by atoms with van der Waals surface area (Å²) in [4.78, 5) is 15.2. The number of methoxy groups -OCH3 is 2. The number of nitrogens with one attached hydrogen (secondary N) is 1. The van der Waals surface area contributed by atoms with E-state index in [4.69, 9.17) is 18.9 Å². The minimum atomic E-state index is -0.107. The highest BCUT2D eigenvalue weighted by Crippen LogP contribution is 2.27. The maximum absolute atomic E-state index is 12.8. The fourth-order valence-electron chi connectivity index (χ4n) is 4.10. The fourth-order valence-corrected chi connectivity index (χ4v) is 4.10. The lowest BCUT2D eigenvalue weighted by atomic mass is 10.0. The molecule has 0 spiro atoms. The summed E-state index contributed by atoms with van der Waals surface area (Å²) in [5.74, 6) is 2.76. The van der Waals surface area contributed by atoms with Crippen LogP contribution in [0.2, 0.25) is 0 Å². The highest BCUT2D eigenvalue weighted by atomic mass is 16.5. The number of carbonyl (C=O) groups excluding carboxylic acids is 1. The van der Waals surface area contributed by atoms with Crippen molar-refractivity contribution in [1.29, 1.82) is 0 Å². The number of piperidine rings is 1. The second-order valence-electron chi connectivity index (χ2n) is 9.27. The normalized spacial score (nSPS) is 14.8. The van der Waals surface area contributed by atoms with E-state index >= 15 is 0 Å². The largest absolute Gasteiger partial charge is 0.497 e. The number of rotatable bonds is 10. The van der Waals surface area contributed by atoms with Crippen LogP contribution in [0.15, 0.2) is 36.4 Å². The number of benzene rings is 2. The van der Waals surface area contributed by atoms with Crippen molar-refractivity contribution in [1.82, 2.24) is 10.2 Å². The zero-order valence-corrected chi connectivity index (χ0v) is 21.2. The van der Waals surface area contributed by atoms with Crippen LogP contribution in [0.1, 0.15) is 56.5 Å². The molecular formula is C27H38N2O5. The van der Waals surface area contributed by atoms with Gasteiger partial charge in [0.25, 0.3) is 5.91 Å². The summed E-state index contributed by atoms with van der Waals surface area (Å²) < 4.78 is 22.4. The molecule has 1 amide bonds. The topological polar surface area (TPSA) is 69.3 Å². The van der Waals surface area contributed by atoms with Crippen molar-refractivity contribution in [2.45, 2.75) is 65.3 Å². The van der Waals surface area contributed by atoms with Crippen LogP contribution in [0, 0.1) is 0 Å². The molecule has 1 saturated heterocycles. The van der Waals surface area contributed by atoms with Crippen LogP contribution in [-0.2, 0) is 6.54 Å². The number of hydrogen-bond acceptors (Lipinski definition) is 6. The van der Waals surface area contributed by atoms with E-state index < -0.39 is 0 Å². The van der Waals surface area contributed by atoms with Gasteiger partial charge in [0.2, 0.25) is 0 Å². The highest BCUT2D eigenvalue weighted by molar-refractivity contribution is 5.95. The van der Waals surface area contributed by atoms with Gasteiger partial charge in [-0.25, -0.2) is 0 Å². The molecule has 34 heavy (non-hydrogen) atoms. The van der Waals surface area contributed by atoms with Gasteiger partial charge < -0.3 is 24.3 Å². The Hall–Kier alpha value is -2.93. The van der Waals surface area contributed by atoms with Gasteiger partial charge in [0.15, 0.2) is 0 Å². The second kappa shape index (κ2) is 12.0. The standard InChI is InChI=1S/C27H38N2O5/c1-18(2)33-25-11-20(12-26(16-25)34-19(3)4)17-29-9-7-22(8-10-29)28-27(30)21-13-23(31-5)15-24(14-21)32-6/h11-16,18-19,22H,7-10,17H2,1-6H3,(H,28,30). The highest BCUT2D eigenvalue weighted by Gasteiger charge is 2.22. The Morgan fingerprint density at radius 1 is 0.853 bits per heavy atom.